The maximum Gasteiger partial charge on any atom is 0.306 e. The van der Waals surface area contributed by atoms with Crippen LogP contribution in [0.3, 0.4) is 0 Å². The van der Waals surface area contributed by atoms with Crippen LogP contribution in [0.25, 0.3) is 0 Å². The smallest absolute Gasteiger partial charge is 0.306 e. The number of rotatable bonds is 20. The van der Waals surface area contributed by atoms with Gasteiger partial charge in [-0.3, -0.25) is 48.4 Å². The molecule has 0 radical (unpaired) electrons. The SMILES string of the molecule is COc1cc(CN(C2CC(C(=O)O)C2)C2CCc3cc(Cl)ccc32)ccc1OCCN1C(=O)CCC1=O.Cc1cc([C@@H](C)N(Cc2ccc(OCCN3C(=O)CCC3=O)c(C)c2)C2CC(C(=O)O)C2)ccc1Cl. The van der Waals surface area contributed by atoms with Crippen molar-refractivity contribution in [2.75, 3.05) is 33.4 Å². The van der Waals surface area contributed by atoms with Gasteiger partial charge in [0.2, 0.25) is 23.6 Å². The molecule has 4 amide bonds. The van der Waals surface area contributed by atoms with E-state index in [0.29, 0.717) is 50.3 Å². The van der Waals surface area contributed by atoms with Crippen molar-refractivity contribution < 1.29 is 53.2 Å². The van der Waals surface area contributed by atoms with Crippen molar-refractivity contribution in [3.63, 3.8) is 0 Å². The van der Waals surface area contributed by atoms with Crippen molar-refractivity contribution in [3.05, 3.63) is 122 Å². The molecule has 3 aliphatic carbocycles. The van der Waals surface area contributed by atoms with Crippen molar-refractivity contribution in [1.29, 1.82) is 0 Å². The van der Waals surface area contributed by atoms with E-state index in [9.17, 15) is 39.0 Å². The van der Waals surface area contributed by atoms with Crippen LogP contribution in [0.4, 0.5) is 0 Å². The van der Waals surface area contributed by atoms with Gasteiger partial charge in [-0.2, -0.15) is 0 Å². The molecule has 4 fully saturated rings. The van der Waals surface area contributed by atoms with Gasteiger partial charge in [-0.1, -0.05) is 59.6 Å². The number of amides is 4. The quantitative estimate of drug-likeness (QED) is 0.0800. The molecule has 2 aliphatic heterocycles. The van der Waals surface area contributed by atoms with Crippen molar-refractivity contribution in [1.82, 2.24) is 19.6 Å². The van der Waals surface area contributed by atoms with E-state index < -0.39 is 11.9 Å². The fourth-order valence-electron chi connectivity index (χ4n) is 10.8. The molecule has 0 spiro atoms. The van der Waals surface area contributed by atoms with Crippen LogP contribution < -0.4 is 14.2 Å². The highest BCUT2D eigenvalue weighted by molar-refractivity contribution is 6.31. The Balaban J connectivity index is 0.000000195. The number of imide groups is 2. The van der Waals surface area contributed by atoms with E-state index >= 15 is 0 Å². The van der Waals surface area contributed by atoms with Gasteiger partial charge >= 0.3 is 11.9 Å². The number of methoxy groups -OCH3 is 1. The van der Waals surface area contributed by atoms with E-state index in [0.717, 1.165) is 56.5 Å². The van der Waals surface area contributed by atoms with Gasteiger partial charge in [-0.05, 0) is 135 Å². The van der Waals surface area contributed by atoms with E-state index in [1.165, 1.54) is 20.9 Å². The van der Waals surface area contributed by atoms with Crippen LogP contribution in [0, 0.1) is 25.7 Å². The highest BCUT2D eigenvalue weighted by Gasteiger charge is 2.43. The van der Waals surface area contributed by atoms with Gasteiger partial charge in [0.25, 0.3) is 0 Å². The maximum absolute atomic E-state index is 11.8. The lowest BCUT2D eigenvalue weighted by atomic mass is 9.78. The Bertz CT molecular complexity index is 2710. The number of ether oxygens (including phenoxy) is 3. The Morgan fingerprint density at radius 1 is 0.658 bits per heavy atom. The first-order valence-corrected chi connectivity index (χ1v) is 25.9. The average Bonchev–Trinajstić information content (AvgIpc) is 4.00. The number of hydrogen-bond donors (Lipinski definition) is 2. The maximum atomic E-state index is 11.8. The van der Waals surface area contributed by atoms with E-state index in [1.54, 1.807) is 7.11 Å². The van der Waals surface area contributed by atoms with E-state index in [4.69, 9.17) is 37.4 Å². The number of carboxylic acid groups (broad SMARTS) is 2. The summed E-state index contributed by atoms with van der Waals surface area (Å²) in [6.45, 7) is 8.38. The van der Waals surface area contributed by atoms with E-state index in [2.05, 4.69) is 34.9 Å². The molecule has 9 rings (SSSR count). The summed E-state index contributed by atoms with van der Waals surface area (Å²) in [5.41, 5.74) is 7.81. The zero-order valence-corrected chi connectivity index (χ0v) is 43.3. The minimum Gasteiger partial charge on any atom is -0.493 e. The number of carboxylic acids is 2. The molecule has 4 aromatic carbocycles. The molecule has 2 N–H and O–H groups in total. The number of likely N-dealkylation sites (tertiary alicyclic amines) is 2. The van der Waals surface area contributed by atoms with Gasteiger partial charge < -0.3 is 24.4 Å². The molecule has 2 heterocycles. The Labute approximate surface area is 436 Å². The molecule has 4 aromatic rings. The highest BCUT2D eigenvalue weighted by atomic mass is 35.5. The molecule has 17 heteroatoms. The van der Waals surface area contributed by atoms with Crippen LogP contribution in [0.15, 0.2) is 72.8 Å². The lowest BCUT2D eigenvalue weighted by Crippen LogP contribution is -2.47. The number of carbonyl (C=O) groups excluding carboxylic acids is 4. The molecule has 5 aliphatic rings. The number of carbonyl (C=O) groups is 6. The largest absolute Gasteiger partial charge is 0.493 e. The fourth-order valence-corrected chi connectivity index (χ4v) is 11.1. The van der Waals surface area contributed by atoms with Gasteiger partial charge in [0, 0.05) is 73.0 Å². The minimum atomic E-state index is -0.727. The number of aryl methyl sites for hydroxylation is 3. The minimum absolute atomic E-state index is 0.0903. The second-order valence-electron chi connectivity index (χ2n) is 19.9. The fraction of sp³-hybridized carbons (Fsp3) is 0.464. The summed E-state index contributed by atoms with van der Waals surface area (Å²) in [6.07, 6.45) is 5.57. The number of halogens is 2. The molecule has 2 saturated heterocycles. The van der Waals surface area contributed by atoms with Crippen LogP contribution in [0.1, 0.15) is 116 Å². The molecule has 2 atom stereocenters. The Morgan fingerprint density at radius 3 is 1.78 bits per heavy atom. The summed E-state index contributed by atoms with van der Waals surface area (Å²) in [4.78, 5) is 77.4. The van der Waals surface area contributed by atoms with Gasteiger partial charge in [0.1, 0.15) is 19.0 Å². The molecule has 73 heavy (non-hydrogen) atoms. The Kier molecular flexibility index (Phi) is 17.1. The first-order valence-electron chi connectivity index (χ1n) is 25.2. The number of benzene rings is 4. The number of aliphatic carboxylic acids is 2. The second kappa shape index (κ2) is 23.5. The predicted molar refractivity (Wildman–Crippen MR) is 274 cm³/mol. The first kappa shape index (κ1) is 53.3. The Hall–Kier alpha value is -6.00. The lowest BCUT2D eigenvalue weighted by molar-refractivity contribution is -0.148. The molecule has 2 saturated carbocycles. The van der Waals surface area contributed by atoms with Gasteiger partial charge in [0.15, 0.2) is 11.5 Å². The molecule has 1 unspecified atom stereocenters. The van der Waals surface area contributed by atoms with Crippen LogP contribution in [-0.2, 0) is 48.3 Å². The molecular weight excluding hydrogens is 976 g/mol. The molecule has 15 nitrogen and oxygen atoms in total. The standard InChI is InChI=1S/C28H31ClN2O6.C28H33ClN2O5/c1-36-25-12-17(2-7-24(25)37-11-10-30-26(32)8-9-27(30)33)16-31(21-14-19(15-21)28(34)35)23-6-3-18-13-20(29)4-5-22(18)23;1-17-13-21(5-6-24(17)29)19(3)31(23-14-22(15-23)28(34)35)16-20-4-7-25(18(2)12-20)36-11-10-30-26(32)8-9-27(30)33/h2,4-5,7,12-13,19,21,23H,3,6,8-11,14-16H2,1H3,(H,34,35);4-7,12-13,19,22-23H,8-11,14-16H2,1-3H3,(H,34,35)/t;19-,22?,23?/m.1/s1. The highest BCUT2D eigenvalue weighted by Crippen LogP contribution is 2.45. The summed E-state index contributed by atoms with van der Waals surface area (Å²) >= 11 is 12.5. The predicted octanol–water partition coefficient (Wildman–Crippen LogP) is 9.14. The molecule has 0 bridgehead atoms. The normalized spacial score (nSPS) is 21.7. The summed E-state index contributed by atoms with van der Waals surface area (Å²) in [5, 5.41) is 20.3. The Morgan fingerprint density at radius 2 is 1.22 bits per heavy atom. The topological polar surface area (TPSA) is 184 Å². The molecule has 0 aromatic heterocycles. The van der Waals surface area contributed by atoms with Crippen molar-refractivity contribution in [3.8, 4) is 17.2 Å². The monoisotopic (exact) mass is 1040 g/mol. The number of hydrogen-bond acceptors (Lipinski definition) is 11. The average molecular weight is 1040 g/mol. The van der Waals surface area contributed by atoms with Crippen LogP contribution in [0.2, 0.25) is 10.0 Å². The van der Waals surface area contributed by atoms with Gasteiger partial charge in [-0.25, -0.2) is 0 Å². The lowest BCUT2D eigenvalue weighted by Gasteiger charge is -2.44. The summed E-state index contributed by atoms with van der Waals surface area (Å²) in [6, 6.07) is 24.6. The van der Waals surface area contributed by atoms with E-state index in [1.807, 2.05) is 68.4 Å². The zero-order chi connectivity index (χ0) is 52.1. The third-order valence-corrected chi connectivity index (χ3v) is 15.9. The van der Waals surface area contributed by atoms with Crippen molar-refractivity contribution >= 4 is 58.8 Å². The molecular formula is C56H64Cl2N4O11. The summed E-state index contributed by atoms with van der Waals surface area (Å²) in [5.74, 6) is -0.780. The molecule has 388 valence electrons. The number of nitrogens with zero attached hydrogens (tertiary/aromatic N) is 4. The summed E-state index contributed by atoms with van der Waals surface area (Å²) in [7, 11) is 1.58. The van der Waals surface area contributed by atoms with E-state index in [-0.39, 0.29) is 112 Å². The van der Waals surface area contributed by atoms with Crippen LogP contribution in [-0.4, -0.2) is 111 Å². The van der Waals surface area contributed by atoms with Crippen molar-refractivity contribution in [2.24, 2.45) is 11.8 Å². The zero-order valence-electron chi connectivity index (χ0n) is 41.8. The van der Waals surface area contributed by atoms with Crippen LogP contribution in [0.5, 0.6) is 17.2 Å². The first-order chi connectivity index (χ1) is 35.0. The van der Waals surface area contributed by atoms with Gasteiger partial charge in [-0.15, -0.1) is 0 Å². The van der Waals surface area contributed by atoms with Crippen molar-refractivity contribution in [2.45, 2.75) is 122 Å². The van der Waals surface area contributed by atoms with Crippen LogP contribution >= 0.6 is 23.2 Å². The number of fused-ring (bicyclic) bond motifs is 1. The summed E-state index contributed by atoms with van der Waals surface area (Å²) < 4.78 is 17.3. The third-order valence-electron chi connectivity index (χ3n) is 15.2. The second-order valence-corrected chi connectivity index (χ2v) is 20.8. The van der Waals surface area contributed by atoms with Gasteiger partial charge in [0.05, 0.1) is 32.0 Å². The third kappa shape index (κ3) is 12.5.